The van der Waals surface area contributed by atoms with E-state index in [0.29, 0.717) is 6.42 Å². The zero-order valence-electron chi connectivity index (χ0n) is 6.07. The standard InChI is InChI=1S/C6H7N3S2/c1-5-8-6(11-9-5)10-4-2-3-7/h2,4H2,1H3. The van der Waals surface area contributed by atoms with Crippen LogP contribution in [0.5, 0.6) is 0 Å². The fraction of sp³-hybridized carbons (Fsp3) is 0.500. The van der Waals surface area contributed by atoms with E-state index >= 15 is 0 Å². The molecular weight excluding hydrogens is 178 g/mol. The van der Waals surface area contributed by atoms with Crippen LogP contribution in [0.2, 0.25) is 0 Å². The van der Waals surface area contributed by atoms with E-state index in [0.717, 1.165) is 15.9 Å². The second-order valence-corrected chi connectivity index (χ2v) is 3.96. The first-order valence-electron chi connectivity index (χ1n) is 3.13. The van der Waals surface area contributed by atoms with Crippen molar-refractivity contribution in [3.05, 3.63) is 5.82 Å². The summed E-state index contributed by atoms with van der Waals surface area (Å²) in [5.41, 5.74) is 0. The molecule has 58 valence electrons. The molecule has 1 rings (SSSR count). The van der Waals surface area contributed by atoms with Gasteiger partial charge in [0.05, 0.1) is 6.07 Å². The van der Waals surface area contributed by atoms with Crippen molar-refractivity contribution in [2.24, 2.45) is 0 Å². The summed E-state index contributed by atoms with van der Waals surface area (Å²) in [7, 11) is 0. The third kappa shape index (κ3) is 2.87. The lowest BCUT2D eigenvalue weighted by Crippen LogP contribution is -1.76. The molecule has 0 radical (unpaired) electrons. The third-order valence-corrected chi connectivity index (χ3v) is 2.87. The summed E-state index contributed by atoms with van der Waals surface area (Å²) < 4.78 is 4.98. The van der Waals surface area contributed by atoms with E-state index in [4.69, 9.17) is 5.26 Å². The highest BCUT2D eigenvalue weighted by Crippen LogP contribution is 2.19. The van der Waals surface area contributed by atoms with E-state index in [1.165, 1.54) is 11.5 Å². The van der Waals surface area contributed by atoms with Gasteiger partial charge in [0.25, 0.3) is 0 Å². The highest BCUT2D eigenvalue weighted by molar-refractivity contribution is 8.00. The molecule has 1 heterocycles. The molecule has 0 saturated heterocycles. The van der Waals surface area contributed by atoms with Gasteiger partial charge in [-0.1, -0.05) is 11.8 Å². The largest absolute Gasteiger partial charge is 0.213 e. The molecule has 0 aromatic carbocycles. The van der Waals surface area contributed by atoms with E-state index in [-0.39, 0.29) is 0 Å². The van der Waals surface area contributed by atoms with Crippen molar-refractivity contribution in [2.45, 2.75) is 17.7 Å². The van der Waals surface area contributed by atoms with E-state index in [1.54, 1.807) is 11.8 Å². The van der Waals surface area contributed by atoms with Crippen molar-refractivity contribution < 1.29 is 0 Å². The average molecular weight is 185 g/mol. The summed E-state index contributed by atoms with van der Waals surface area (Å²) in [6, 6.07) is 2.08. The molecule has 0 saturated carbocycles. The maximum absolute atomic E-state index is 8.25. The van der Waals surface area contributed by atoms with Crippen molar-refractivity contribution in [1.82, 2.24) is 9.36 Å². The number of nitriles is 1. The predicted molar refractivity (Wildman–Crippen MR) is 45.6 cm³/mol. The Bertz CT molecular complexity index is 263. The van der Waals surface area contributed by atoms with Gasteiger partial charge in [-0.25, -0.2) is 4.98 Å². The van der Waals surface area contributed by atoms with Gasteiger partial charge in [-0.05, 0) is 18.5 Å². The zero-order chi connectivity index (χ0) is 8.10. The lowest BCUT2D eigenvalue weighted by Gasteiger charge is -1.87. The minimum atomic E-state index is 0.573. The summed E-state index contributed by atoms with van der Waals surface area (Å²) in [5.74, 6) is 1.62. The molecule has 0 atom stereocenters. The smallest absolute Gasteiger partial charge is 0.170 e. The van der Waals surface area contributed by atoms with Crippen LogP contribution >= 0.6 is 23.3 Å². The molecule has 0 aliphatic rings. The molecule has 0 N–H and O–H groups in total. The maximum Gasteiger partial charge on any atom is 0.170 e. The van der Waals surface area contributed by atoms with Gasteiger partial charge in [0.15, 0.2) is 4.34 Å². The molecule has 0 aliphatic carbocycles. The van der Waals surface area contributed by atoms with Crippen molar-refractivity contribution >= 4 is 23.3 Å². The van der Waals surface area contributed by atoms with Gasteiger partial charge >= 0.3 is 0 Å². The fourth-order valence-corrected chi connectivity index (χ4v) is 2.08. The Labute approximate surface area is 73.6 Å². The van der Waals surface area contributed by atoms with E-state index in [1.807, 2.05) is 6.92 Å². The second kappa shape index (κ2) is 4.31. The van der Waals surface area contributed by atoms with Crippen LogP contribution in [0.15, 0.2) is 4.34 Å². The monoisotopic (exact) mass is 185 g/mol. The Morgan fingerprint density at radius 1 is 1.73 bits per heavy atom. The Balaban J connectivity index is 2.34. The van der Waals surface area contributed by atoms with Crippen LogP contribution in [0.4, 0.5) is 0 Å². The van der Waals surface area contributed by atoms with Crippen molar-refractivity contribution in [3.8, 4) is 6.07 Å². The van der Waals surface area contributed by atoms with E-state index < -0.39 is 0 Å². The highest BCUT2D eigenvalue weighted by atomic mass is 32.2. The van der Waals surface area contributed by atoms with Gasteiger partial charge in [0.2, 0.25) is 0 Å². The molecule has 0 unspecified atom stereocenters. The number of thioether (sulfide) groups is 1. The molecule has 5 heteroatoms. The normalized spacial score (nSPS) is 9.45. The Kier molecular flexibility index (Phi) is 3.33. The Morgan fingerprint density at radius 2 is 2.55 bits per heavy atom. The molecule has 0 amide bonds. The van der Waals surface area contributed by atoms with E-state index in [9.17, 15) is 0 Å². The van der Waals surface area contributed by atoms with Gasteiger partial charge < -0.3 is 0 Å². The lowest BCUT2D eigenvalue weighted by atomic mass is 10.6. The summed E-state index contributed by atoms with van der Waals surface area (Å²) in [4.78, 5) is 4.14. The van der Waals surface area contributed by atoms with Crippen LogP contribution in [0.3, 0.4) is 0 Å². The number of nitrogens with zero attached hydrogens (tertiary/aromatic N) is 3. The molecule has 3 nitrogen and oxygen atoms in total. The molecule has 1 aromatic rings. The Hall–Kier alpha value is -0.600. The average Bonchev–Trinajstić information content (AvgIpc) is 2.37. The molecular formula is C6H7N3S2. The van der Waals surface area contributed by atoms with E-state index in [2.05, 4.69) is 15.4 Å². The number of hydrogen-bond acceptors (Lipinski definition) is 5. The zero-order valence-corrected chi connectivity index (χ0v) is 7.71. The highest BCUT2D eigenvalue weighted by Gasteiger charge is 1.98. The maximum atomic E-state index is 8.25. The van der Waals surface area contributed by atoms with Crippen molar-refractivity contribution in [1.29, 1.82) is 5.26 Å². The number of rotatable bonds is 3. The molecule has 0 bridgehead atoms. The number of hydrogen-bond donors (Lipinski definition) is 0. The predicted octanol–water partition coefficient (Wildman–Crippen LogP) is 1.85. The first kappa shape index (κ1) is 8.50. The molecule has 11 heavy (non-hydrogen) atoms. The first-order chi connectivity index (χ1) is 5.33. The van der Waals surface area contributed by atoms with Gasteiger partial charge in [-0.3, -0.25) is 0 Å². The summed E-state index contributed by atoms with van der Waals surface area (Å²) >= 11 is 2.98. The first-order valence-corrected chi connectivity index (χ1v) is 4.89. The van der Waals surface area contributed by atoms with Crippen LogP contribution in [0.1, 0.15) is 12.2 Å². The quantitative estimate of drug-likeness (QED) is 0.532. The molecule has 0 spiro atoms. The summed E-state index contributed by atoms with van der Waals surface area (Å²) in [6.45, 7) is 1.87. The van der Waals surface area contributed by atoms with Crippen molar-refractivity contribution in [2.75, 3.05) is 5.75 Å². The van der Waals surface area contributed by atoms with Crippen LogP contribution in [0.25, 0.3) is 0 Å². The van der Waals surface area contributed by atoms with Crippen LogP contribution in [-0.2, 0) is 0 Å². The summed E-state index contributed by atoms with van der Waals surface area (Å²) in [5, 5.41) is 8.25. The van der Waals surface area contributed by atoms with Gasteiger partial charge in [0.1, 0.15) is 5.82 Å². The van der Waals surface area contributed by atoms with Crippen LogP contribution < -0.4 is 0 Å². The topological polar surface area (TPSA) is 49.6 Å². The molecule has 0 fully saturated rings. The van der Waals surface area contributed by atoms with Crippen LogP contribution in [0, 0.1) is 18.3 Å². The fourth-order valence-electron chi connectivity index (χ4n) is 0.521. The van der Waals surface area contributed by atoms with Crippen molar-refractivity contribution in [3.63, 3.8) is 0 Å². The lowest BCUT2D eigenvalue weighted by molar-refractivity contribution is 1.10. The molecule has 0 aliphatic heterocycles. The second-order valence-electron chi connectivity index (χ2n) is 1.86. The van der Waals surface area contributed by atoms with Gasteiger partial charge in [-0.15, -0.1) is 0 Å². The van der Waals surface area contributed by atoms with Gasteiger partial charge in [-0.2, -0.15) is 9.64 Å². The minimum Gasteiger partial charge on any atom is -0.213 e. The minimum absolute atomic E-state index is 0.573. The van der Waals surface area contributed by atoms with Crippen LogP contribution in [-0.4, -0.2) is 15.1 Å². The summed E-state index contributed by atoms with van der Waals surface area (Å²) in [6.07, 6.45) is 0.573. The van der Waals surface area contributed by atoms with Gasteiger partial charge in [0, 0.05) is 12.2 Å². The number of aromatic nitrogens is 2. The molecule has 1 aromatic heterocycles. The third-order valence-electron chi connectivity index (χ3n) is 0.948. The number of aryl methyl sites for hydroxylation is 1. The SMILES string of the molecule is Cc1nsc(SCCC#N)n1. The Morgan fingerprint density at radius 3 is 3.09 bits per heavy atom.